The number of aromatic nitrogens is 3. The lowest BCUT2D eigenvalue weighted by molar-refractivity contribution is 0.150. The van der Waals surface area contributed by atoms with Crippen LogP contribution in [-0.4, -0.2) is 15.0 Å². The number of rotatable bonds is 5. The predicted octanol–water partition coefficient (Wildman–Crippen LogP) is 4.95. The Bertz CT molecular complexity index is 1250. The van der Waals surface area contributed by atoms with E-state index in [1.54, 1.807) is 43.5 Å². The van der Waals surface area contributed by atoms with Gasteiger partial charge in [0, 0.05) is 28.7 Å². The van der Waals surface area contributed by atoms with Crippen molar-refractivity contribution < 1.29 is 13.2 Å². The average molecular weight is 397 g/mol. The van der Waals surface area contributed by atoms with E-state index in [-0.39, 0.29) is 11.5 Å². The second-order valence-electron chi connectivity index (χ2n) is 6.57. The molecular formula is C20H17F2N5O2. The number of aromatic amines is 1. The highest BCUT2D eigenvalue weighted by molar-refractivity contribution is 5.78. The standard InChI is InChI=1S/C20H17F2N5O2/c1-10-3-4-12(7-14(10)17(21)22)25-19-23-9-11(2)18(27-19)24-13-5-6-16-15(8-13)26-20(28)29-16/h3-9,17H,1-2H3,(H,26,28)(H2,23,24,25,27). The van der Waals surface area contributed by atoms with Crippen LogP contribution in [0.25, 0.3) is 11.1 Å². The van der Waals surface area contributed by atoms with Crippen molar-refractivity contribution in [2.45, 2.75) is 20.3 Å². The molecule has 0 atom stereocenters. The van der Waals surface area contributed by atoms with Crippen molar-refractivity contribution in [2.75, 3.05) is 10.6 Å². The maximum Gasteiger partial charge on any atom is 0.417 e. The Morgan fingerprint density at radius 3 is 2.59 bits per heavy atom. The fourth-order valence-electron chi connectivity index (χ4n) is 2.88. The van der Waals surface area contributed by atoms with E-state index in [9.17, 15) is 13.6 Å². The number of anilines is 4. The Kier molecular flexibility index (Phi) is 4.71. The molecule has 3 N–H and O–H groups in total. The average Bonchev–Trinajstić information content (AvgIpc) is 3.05. The topological polar surface area (TPSA) is 95.8 Å². The minimum absolute atomic E-state index is 0.0390. The van der Waals surface area contributed by atoms with Crippen LogP contribution < -0.4 is 16.4 Å². The summed E-state index contributed by atoms with van der Waals surface area (Å²) in [6.45, 7) is 3.48. The number of fused-ring (bicyclic) bond motifs is 1. The molecule has 0 unspecified atom stereocenters. The smallest absolute Gasteiger partial charge is 0.408 e. The monoisotopic (exact) mass is 397 g/mol. The van der Waals surface area contributed by atoms with Gasteiger partial charge >= 0.3 is 5.76 Å². The molecule has 4 rings (SSSR count). The molecule has 29 heavy (non-hydrogen) atoms. The Balaban J connectivity index is 1.60. The van der Waals surface area contributed by atoms with Gasteiger partial charge in [-0.1, -0.05) is 6.07 Å². The van der Waals surface area contributed by atoms with Crippen LogP contribution >= 0.6 is 0 Å². The largest absolute Gasteiger partial charge is 0.417 e. The number of hydrogen-bond acceptors (Lipinski definition) is 6. The van der Waals surface area contributed by atoms with Crippen LogP contribution in [0.5, 0.6) is 0 Å². The molecule has 0 spiro atoms. The van der Waals surface area contributed by atoms with Crippen molar-refractivity contribution in [3.05, 3.63) is 69.8 Å². The summed E-state index contributed by atoms with van der Waals surface area (Å²) >= 11 is 0. The number of hydrogen-bond donors (Lipinski definition) is 3. The van der Waals surface area contributed by atoms with E-state index in [0.717, 1.165) is 5.56 Å². The van der Waals surface area contributed by atoms with Crippen LogP contribution in [0, 0.1) is 13.8 Å². The van der Waals surface area contributed by atoms with E-state index in [4.69, 9.17) is 4.42 Å². The molecular weight excluding hydrogens is 380 g/mol. The van der Waals surface area contributed by atoms with Gasteiger partial charge in [-0.05, 0) is 49.7 Å². The van der Waals surface area contributed by atoms with E-state index in [1.165, 1.54) is 6.07 Å². The molecule has 0 amide bonds. The fourth-order valence-corrected chi connectivity index (χ4v) is 2.88. The Morgan fingerprint density at radius 1 is 1.03 bits per heavy atom. The number of oxazole rings is 1. The summed E-state index contributed by atoms with van der Waals surface area (Å²) < 4.78 is 31.2. The first kappa shape index (κ1) is 18.6. The van der Waals surface area contributed by atoms with E-state index in [0.29, 0.717) is 33.9 Å². The molecule has 9 heteroatoms. The van der Waals surface area contributed by atoms with Gasteiger partial charge in [0.1, 0.15) is 5.82 Å². The minimum Gasteiger partial charge on any atom is -0.408 e. The van der Waals surface area contributed by atoms with Crippen LogP contribution in [0.3, 0.4) is 0 Å². The first-order valence-corrected chi connectivity index (χ1v) is 8.78. The van der Waals surface area contributed by atoms with Crippen LogP contribution in [0.2, 0.25) is 0 Å². The van der Waals surface area contributed by atoms with E-state index >= 15 is 0 Å². The quantitative estimate of drug-likeness (QED) is 0.441. The Labute approximate surface area is 163 Å². The zero-order chi connectivity index (χ0) is 20.5. The van der Waals surface area contributed by atoms with Crippen LogP contribution in [0.1, 0.15) is 23.1 Å². The summed E-state index contributed by atoms with van der Waals surface area (Å²) in [6.07, 6.45) is -0.935. The highest BCUT2D eigenvalue weighted by atomic mass is 19.3. The lowest BCUT2D eigenvalue weighted by Crippen LogP contribution is -2.03. The number of nitrogens with one attached hydrogen (secondary N) is 3. The molecule has 148 valence electrons. The first-order chi connectivity index (χ1) is 13.9. The van der Waals surface area contributed by atoms with Crippen LogP contribution in [0.4, 0.5) is 31.9 Å². The summed E-state index contributed by atoms with van der Waals surface area (Å²) in [4.78, 5) is 22.5. The minimum atomic E-state index is -2.56. The molecule has 0 aliphatic rings. The number of H-pyrrole nitrogens is 1. The maximum atomic E-state index is 13.1. The highest BCUT2D eigenvalue weighted by Crippen LogP contribution is 2.27. The summed E-state index contributed by atoms with van der Waals surface area (Å²) in [7, 11) is 0. The maximum absolute atomic E-state index is 13.1. The number of benzene rings is 2. The van der Waals surface area contributed by atoms with Gasteiger partial charge in [-0.15, -0.1) is 0 Å². The van der Waals surface area contributed by atoms with Gasteiger partial charge in [-0.2, -0.15) is 4.98 Å². The van der Waals surface area contributed by atoms with Crippen LogP contribution in [-0.2, 0) is 0 Å². The molecule has 2 aromatic heterocycles. The SMILES string of the molecule is Cc1ccc(Nc2ncc(C)c(Nc3ccc4oc(=O)[nH]c4c3)n2)cc1C(F)F. The molecule has 2 aromatic carbocycles. The molecule has 7 nitrogen and oxygen atoms in total. The van der Waals surface area contributed by atoms with Crippen molar-refractivity contribution >= 4 is 34.2 Å². The number of alkyl halides is 2. The number of aryl methyl sites for hydroxylation is 2. The third-order valence-electron chi connectivity index (χ3n) is 4.42. The summed E-state index contributed by atoms with van der Waals surface area (Å²) in [5.74, 6) is 0.275. The molecule has 4 aromatic rings. The fraction of sp³-hybridized carbons (Fsp3) is 0.150. The van der Waals surface area contributed by atoms with Gasteiger partial charge in [0.15, 0.2) is 5.58 Å². The first-order valence-electron chi connectivity index (χ1n) is 8.78. The van der Waals surface area contributed by atoms with Crippen molar-refractivity contribution in [1.82, 2.24) is 15.0 Å². The normalized spacial score (nSPS) is 11.2. The molecule has 0 bridgehead atoms. The second kappa shape index (κ2) is 7.34. The molecule has 0 saturated carbocycles. The highest BCUT2D eigenvalue weighted by Gasteiger charge is 2.12. The third-order valence-corrected chi connectivity index (χ3v) is 4.42. The van der Waals surface area contributed by atoms with Gasteiger partial charge in [0.2, 0.25) is 5.95 Å². The lowest BCUT2D eigenvalue weighted by atomic mass is 10.1. The second-order valence-corrected chi connectivity index (χ2v) is 6.57. The molecule has 0 fully saturated rings. The Morgan fingerprint density at radius 2 is 1.79 bits per heavy atom. The van der Waals surface area contributed by atoms with E-state index in [2.05, 4.69) is 25.6 Å². The van der Waals surface area contributed by atoms with Gasteiger partial charge in [-0.3, -0.25) is 4.98 Å². The van der Waals surface area contributed by atoms with E-state index in [1.807, 2.05) is 6.92 Å². The van der Waals surface area contributed by atoms with Gasteiger partial charge in [0.05, 0.1) is 5.52 Å². The van der Waals surface area contributed by atoms with Crippen molar-refractivity contribution in [3.63, 3.8) is 0 Å². The molecule has 0 saturated heterocycles. The van der Waals surface area contributed by atoms with Gasteiger partial charge in [0.25, 0.3) is 6.43 Å². The molecule has 0 radical (unpaired) electrons. The van der Waals surface area contributed by atoms with Crippen LogP contribution in [0.15, 0.2) is 51.8 Å². The molecule has 2 heterocycles. The van der Waals surface area contributed by atoms with Crippen molar-refractivity contribution in [3.8, 4) is 0 Å². The molecule has 0 aliphatic carbocycles. The lowest BCUT2D eigenvalue weighted by Gasteiger charge is -2.12. The number of halogens is 2. The number of nitrogens with zero attached hydrogens (tertiary/aromatic N) is 2. The zero-order valence-corrected chi connectivity index (χ0v) is 15.6. The Hall–Kier alpha value is -3.75. The zero-order valence-electron chi connectivity index (χ0n) is 15.6. The summed E-state index contributed by atoms with van der Waals surface area (Å²) in [6, 6.07) is 9.86. The third kappa shape index (κ3) is 3.93. The van der Waals surface area contributed by atoms with Crippen molar-refractivity contribution in [2.24, 2.45) is 0 Å². The van der Waals surface area contributed by atoms with Crippen molar-refractivity contribution in [1.29, 1.82) is 0 Å². The van der Waals surface area contributed by atoms with E-state index < -0.39 is 12.2 Å². The van der Waals surface area contributed by atoms with Gasteiger partial charge < -0.3 is 15.1 Å². The predicted molar refractivity (Wildman–Crippen MR) is 106 cm³/mol. The summed E-state index contributed by atoms with van der Waals surface area (Å²) in [5.41, 5.74) is 3.44. The summed E-state index contributed by atoms with van der Waals surface area (Å²) in [5, 5.41) is 6.12. The molecule has 0 aliphatic heterocycles. The van der Waals surface area contributed by atoms with Gasteiger partial charge in [-0.25, -0.2) is 18.6 Å².